The third-order valence-electron chi connectivity index (χ3n) is 3.38. The summed E-state index contributed by atoms with van der Waals surface area (Å²) in [5.74, 6) is 0.493. The predicted octanol–water partition coefficient (Wildman–Crippen LogP) is 0.707. The molecule has 1 N–H and O–H groups in total. The number of thioether (sulfide) groups is 2. The van der Waals surface area contributed by atoms with Gasteiger partial charge in [-0.15, -0.1) is 11.8 Å². The summed E-state index contributed by atoms with van der Waals surface area (Å²) in [6.07, 6.45) is 3.13. The number of rotatable bonds is 7. The molecule has 0 bridgehead atoms. The van der Waals surface area contributed by atoms with E-state index in [0.717, 1.165) is 5.75 Å². The van der Waals surface area contributed by atoms with E-state index in [-0.39, 0.29) is 5.91 Å². The Balaban J connectivity index is 2.73. The van der Waals surface area contributed by atoms with Crippen molar-refractivity contribution in [1.29, 1.82) is 0 Å². The molecule has 0 aromatic carbocycles. The van der Waals surface area contributed by atoms with Gasteiger partial charge in [0.05, 0.1) is 12.0 Å². The first-order valence-corrected chi connectivity index (χ1v) is 9.00. The van der Waals surface area contributed by atoms with Crippen LogP contribution in [0.3, 0.4) is 0 Å². The number of esters is 1. The maximum Gasteiger partial charge on any atom is 0.328 e. The summed E-state index contributed by atoms with van der Waals surface area (Å²) in [5, 5.41) is 2.71. The molecule has 8 heteroatoms. The van der Waals surface area contributed by atoms with Crippen LogP contribution in [0.25, 0.3) is 0 Å². The Morgan fingerprint density at radius 1 is 1.57 bits per heavy atom. The lowest BCUT2D eigenvalue weighted by Crippen LogP contribution is -2.53. The Kier molecular flexibility index (Phi) is 6.86. The number of nitrogens with zero attached hydrogens (tertiary/aromatic N) is 1. The summed E-state index contributed by atoms with van der Waals surface area (Å²) in [5.41, 5.74) is 0. The van der Waals surface area contributed by atoms with Gasteiger partial charge in [0, 0.05) is 5.75 Å². The number of hydrogen-bond donors (Lipinski definition) is 1. The van der Waals surface area contributed by atoms with E-state index in [9.17, 15) is 14.4 Å². The highest BCUT2D eigenvalue weighted by Gasteiger charge is 2.43. The average molecular weight is 334 g/mol. The first-order valence-electron chi connectivity index (χ1n) is 6.62. The molecule has 2 amide bonds. The van der Waals surface area contributed by atoms with E-state index < -0.39 is 22.9 Å². The van der Waals surface area contributed by atoms with Gasteiger partial charge in [-0.3, -0.25) is 9.59 Å². The van der Waals surface area contributed by atoms with Gasteiger partial charge in [0.25, 0.3) is 0 Å². The number of carbonyl (C=O) groups excluding carboxylic acids is 3. The largest absolute Gasteiger partial charge is 0.467 e. The molecule has 0 spiro atoms. The van der Waals surface area contributed by atoms with Crippen molar-refractivity contribution in [3.8, 4) is 0 Å². The fourth-order valence-corrected chi connectivity index (χ4v) is 3.78. The summed E-state index contributed by atoms with van der Waals surface area (Å²) in [4.78, 5) is 36.4. The second kappa shape index (κ2) is 7.93. The lowest BCUT2D eigenvalue weighted by Gasteiger charge is -2.30. The van der Waals surface area contributed by atoms with Gasteiger partial charge >= 0.3 is 5.97 Å². The van der Waals surface area contributed by atoms with E-state index in [4.69, 9.17) is 4.74 Å². The molecule has 120 valence electrons. The van der Waals surface area contributed by atoms with Crippen LogP contribution < -0.4 is 5.32 Å². The smallest absolute Gasteiger partial charge is 0.328 e. The zero-order valence-electron chi connectivity index (χ0n) is 12.8. The number of hydrogen-bond acceptors (Lipinski definition) is 6. The molecular weight excluding hydrogens is 312 g/mol. The minimum absolute atomic E-state index is 0.309. The number of nitrogens with one attached hydrogen (secondary N) is 1. The molecule has 2 atom stereocenters. The summed E-state index contributed by atoms with van der Waals surface area (Å²) in [6.45, 7) is 3.79. The molecule has 6 nitrogen and oxygen atoms in total. The maximum absolute atomic E-state index is 12.4. The fraction of sp³-hybridized carbons (Fsp3) is 0.769. The summed E-state index contributed by atoms with van der Waals surface area (Å²) < 4.78 is 4.72. The van der Waals surface area contributed by atoms with Crippen LogP contribution in [0.1, 0.15) is 20.3 Å². The minimum atomic E-state index is -0.669. The number of ether oxygens (including phenoxy) is 1. The second-order valence-electron chi connectivity index (χ2n) is 5.15. The number of carbonyl (C=O) groups is 3. The second-order valence-corrected chi connectivity index (χ2v) is 7.76. The molecular formula is C13H22N2O4S2. The van der Waals surface area contributed by atoms with Crippen LogP contribution in [0.2, 0.25) is 0 Å². The molecule has 0 aromatic heterocycles. The van der Waals surface area contributed by atoms with Crippen molar-refractivity contribution in [1.82, 2.24) is 10.2 Å². The van der Waals surface area contributed by atoms with E-state index in [1.165, 1.54) is 12.0 Å². The van der Waals surface area contributed by atoms with Crippen LogP contribution >= 0.6 is 23.5 Å². The van der Waals surface area contributed by atoms with Gasteiger partial charge in [0.2, 0.25) is 12.3 Å². The molecule has 0 aliphatic carbocycles. The van der Waals surface area contributed by atoms with Crippen molar-refractivity contribution in [3.05, 3.63) is 0 Å². The van der Waals surface area contributed by atoms with Crippen molar-refractivity contribution in [2.75, 3.05) is 24.9 Å². The average Bonchev–Trinajstić information content (AvgIpc) is 2.76. The van der Waals surface area contributed by atoms with Gasteiger partial charge in [-0.05, 0) is 32.3 Å². The Morgan fingerprint density at radius 2 is 2.24 bits per heavy atom. The summed E-state index contributed by atoms with van der Waals surface area (Å²) in [6, 6.07) is -1.22. The highest BCUT2D eigenvalue weighted by Crippen LogP contribution is 2.37. The molecule has 1 heterocycles. The lowest BCUT2D eigenvalue weighted by atomic mass is 10.1. The Morgan fingerprint density at radius 3 is 2.76 bits per heavy atom. The van der Waals surface area contributed by atoms with E-state index in [0.29, 0.717) is 18.6 Å². The molecule has 0 saturated carbocycles. The van der Waals surface area contributed by atoms with Crippen LogP contribution in [-0.2, 0) is 19.1 Å². The Hall–Kier alpha value is -0.890. The van der Waals surface area contributed by atoms with Crippen molar-refractivity contribution >= 4 is 41.8 Å². The normalized spacial score (nSPS) is 21.7. The SMILES string of the molecule is COC(=O)C(CCSC)NC(=O)C1CSC(C)(C)N1C=O. The van der Waals surface area contributed by atoms with Crippen LogP contribution in [0.5, 0.6) is 0 Å². The topological polar surface area (TPSA) is 75.7 Å². The maximum atomic E-state index is 12.4. The van der Waals surface area contributed by atoms with Crippen LogP contribution in [0.4, 0.5) is 0 Å². The van der Waals surface area contributed by atoms with Crippen molar-refractivity contribution in [2.24, 2.45) is 0 Å². The van der Waals surface area contributed by atoms with Gasteiger partial charge < -0.3 is 15.0 Å². The Bertz CT molecular complexity index is 404. The molecule has 0 radical (unpaired) electrons. The zero-order valence-corrected chi connectivity index (χ0v) is 14.4. The van der Waals surface area contributed by atoms with E-state index in [1.807, 2.05) is 20.1 Å². The van der Waals surface area contributed by atoms with Gasteiger partial charge in [0.15, 0.2) is 0 Å². The first-order chi connectivity index (χ1) is 9.87. The molecule has 1 aliphatic rings. The monoisotopic (exact) mass is 334 g/mol. The van der Waals surface area contributed by atoms with Gasteiger partial charge in [-0.1, -0.05) is 0 Å². The molecule has 1 rings (SSSR count). The molecule has 21 heavy (non-hydrogen) atoms. The zero-order chi connectivity index (χ0) is 16.0. The number of methoxy groups -OCH3 is 1. The minimum Gasteiger partial charge on any atom is -0.467 e. The van der Waals surface area contributed by atoms with Gasteiger partial charge in [-0.2, -0.15) is 11.8 Å². The lowest BCUT2D eigenvalue weighted by molar-refractivity contribution is -0.146. The highest BCUT2D eigenvalue weighted by atomic mass is 32.2. The third-order valence-corrected chi connectivity index (χ3v) is 5.42. The number of amides is 2. The van der Waals surface area contributed by atoms with Crippen molar-refractivity contribution in [3.63, 3.8) is 0 Å². The molecule has 1 fully saturated rings. The van der Waals surface area contributed by atoms with E-state index in [1.54, 1.807) is 23.5 Å². The van der Waals surface area contributed by atoms with Crippen LogP contribution in [0.15, 0.2) is 0 Å². The van der Waals surface area contributed by atoms with Gasteiger partial charge in [0.1, 0.15) is 12.1 Å². The molecule has 1 aliphatic heterocycles. The highest BCUT2D eigenvalue weighted by molar-refractivity contribution is 8.00. The van der Waals surface area contributed by atoms with Crippen LogP contribution in [-0.4, -0.2) is 65.0 Å². The van der Waals surface area contributed by atoms with Crippen molar-refractivity contribution < 1.29 is 19.1 Å². The van der Waals surface area contributed by atoms with Crippen molar-refractivity contribution in [2.45, 2.75) is 37.2 Å². The molecule has 2 unspecified atom stereocenters. The predicted molar refractivity (Wildman–Crippen MR) is 85.2 cm³/mol. The van der Waals surface area contributed by atoms with Gasteiger partial charge in [-0.25, -0.2) is 4.79 Å². The summed E-state index contributed by atoms with van der Waals surface area (Å²) in [7, 11) is 1.30. The van der Waals surface area contributed by atoms with E-state index in [2.05, 4.69) is 5.32 Å². The quantitative estimate of drug-likeness (QED) is 0.546. The first kappa shape index (κ1) is 18.2. The van der Waals surface area contributed by atoms with Crippen LogP contribution in [0, 0.1) is 0 Å². The standard InChI is InChI=1S/C13H22N2O4S2/c1-13(2)15(8-16)10(7-21-13)11(17)14-9(5-6-20-4)12(18)19-3/h8-10H,5-7H2,1-4H3,(H,14,17). The molecule has 1 saturated heterocycles. The summed E-state index contributed by atoms with van der Waals surface area (Å²) >= 11 is 3.13. The Labute approximate surface area is 133 Å². The van der Waals surface area contributed by atoms with E-state index >= 15 is 0 Å². The fourth-order valence-electron chi connectivity index (χ4n) is 2.11. The third kappa shape index (κ3) is 4.54. The molecule has 0 aromatic rings.